The van der Waals surface area contributed by atoms with Crippen molar-refractivity contribution in [3.05, 3.63) is 52.5 Å². The zero-order chi connectivity index (χ0) is 23.3. The Labute approximate surface area is 194 Å². The average molecular weight is 481 g/mol. The zero-order valence-corrected chi connectivity index (χ0v) is 20.2. The molecule has 0 radical (unpaired) electrons. The molecule has 174 valence electrons. The van der Waals surface area contributed by atoms with Crippen molar-refractivity contribution >= 4 is 27.5 Å². The second-order valence-corrected chi connectivity index (χ2v) is 10.0. The lowest BCUT2D eigenvalue weighted by atomic mass is 10.1. The number of rotatable bonds is 7. The van der Waals surface area contributed by atoms with Gasteiger partial charge in [-0.1, -0.05) is 36.2 Å². The Balaban J connectivity index is 1.76. The van der Waals surface area contributed by atoms with E-state index in [1.54, 1.807) is 41.3 Å². The fourth-order valence-electron chi connectivity index (χ4n) is 3.57. The first kappa shape index (κ1) is 24.4. The molecule has 1 fully saturated rings. The molecule has 7 nitrogen and oxygen atoms in total. The van der Waals surface area contributed by atoms with E-state index in [0.717, 1.165) is 12.0 Å². The van der Waals surface area contributed by atoms with Gasteiger partial charge in [-0.3, -0.25) is 4.79 Å². The van der Waals surface area contributed by atoms with Gasteiger partial charge in [0.2, 0.25) is 10.0 Å². The Kier molecular flexibility index (Phi) is 8.03. The summed E-state index contributed by atoms with van der Waals surface area (Å²) in [7, 11) is -2.11. The SMILES string of the molecule is CCCOc1c(Cl)cc(C(=O)N2CCCN(S(=O)(=O)c3ccc(C)cc3)CC2)cc1OC. The minimum absolute atomic E-state index is 0.221. The van der Waals surface area contributed by atoms with Gasteiger partial charge in [-0.2, -0.15) is 4.31 Å². The van der Waals surface area contributed by atoms with Crippen LogP contribution >= 0.6 is 11.6 Å². The lowest BCUT2D eigenvalue weighted by Crippen LogP contribution is -2.37. The molecular weight excluding hydrogens is 452 g/mol. The highest BCUT2D eigenvalue weighted by molar-refractivity contribution is 7.89. The van der Waals surface area contributed by atoms with E-state index < -0.39 is 10.0 Å². The van der Waals surface area contributed by atoms with Crippen molar-refractivity contribution in [1.29, 1.82) is 0 Å². The smallest absolute Gasteiger partial charge is 0.254 e. The molecule has 2 aromatic carbocycles. The Hall–Kier alpha value is -2.29. The molecule has 1 heterocycles. The number of carbonyl (C=O) groups excluding carboxylic acids is 1. The fraction of sp³-hybridized carbons (Fsp3) is 0.435. The standard InChI is InChI=1S/C23H29ClN2O5S/c1-4-14-31-22-20(24)15-18(16-21(22)30-3)23(27)25-10-5-11-26(13-12-25)32(28,29)19-8-6-17(2)7-9-19/h6-9,15-16H,4-5,10-14H2,1-3H3. The molecule has 0 bridgehead atoms. The normalized spacial score (nSPS) is 15.3. The topological polar surface area (TPSA) is 76.2 Å². The number of nitrogens with zero attached hydrogens (tertiary/aromatic N) is 2. The summed E-state index contributed by atoms with van der Waals surface area (Å²) >= 11 is 6.36. The van der Waals surface area contributed by atoms with Gasteiger partial charge in [0.15, 0.2) is 11.5 Å². The van der Waals surface area contributed by atoms with Crippen molar-refractivity contribution in [2.24, 2.45) is 0 Å². The van der Waals surface area contributed by atoms with Crippen LogP contribution in [0.1, 0.15) is 35.7 Å². The van der Waals surface area contributed by atoms with Gasteiger partial charge in [0.05, 0.1) is 23.6 Å². The molecule has 1 saturated heterocycles. The number of ether oxygens (including phenoxy) is 2. The molecule has 1 aliphatic rings. The zero-order valence-electron chi connectivity index (χ0n) is 18.6. The number of halogens is 1. The highest BCUT2D eigenvalue weighted by atomic mass is 35.5. The molecule has 0 N–H and O–H groups in total. The Morgan fingerprint density at radius 1 is 1.09 bits per heavy atom. The summed E-state index contributed by atoms with van der Waals surface area (Å²) in [6.07, 6.45) is 1.36. The Morgan fingerprint density at radius 2 is 1.81 bits per heavy atom. The van der Waals surface area contributed by atoms with Crippen LogP contribution in [0.5, 0.6) is 11.5 Å². The number of amides is 1. The van der Waals surface area contributed by atoms with Crippen LogP contribution in [0.4, 0.5) is 0 Å². The van der Waals surface area contributed by atoms with Crippen molar-refractivity contribution in [1.82, 2.24) is 9.21 Å². The first-order chi connectivity index (χ1) is 15.3. The second kappa shape index (κ2) is 10.6. The number of carbonyl (C=O) groups is 1. The predicted octanol–water partition coefficient (Wildman–Crippen LogP) is 3.98. The van der Waals surface area contributed by atoms with E-state index in [1.165, 1.54) is 11.4 Å². The summed E-state index contributed by atoms with van der Waals surface area (Å²) < 4.78 is 38.5. The minimum Gasteiger partial charge on any atom is -0.493 e. The lowest BCUT2D eigenvalue weighted by molar-refractivity contribution is 0.0764. The van der Waals surface area contributed by atoms with Gasteiger partial charge in [-0.15, -0.1) is 0 Å². The molecule has 32 heavy (non-hydrogen) atoms. The summed E-state index contributed by atoms with van der Waals surface area (Å²) in [5, 5.41) is 0.305. The maximum absolute atomic E-state index is 13.2. The third-order valence-electron chi connectivity index (χ3n) is 5.33. The van der Waals surface area contributed by atoms with Gasteiger partial charge in [0.1, 0.15) is 0 Å². The van der Waals surface area contributed by atoms with Crippen molar-refractivity contribution in [2.45, 2.75) is 31.6 Å². The van der Waals surface area contributed by atoms with Crippen LogP contribution in [0.25, 0.3) is 0 Å². The molecule has 9 heteroatoms. The van der Waals surface area contributed by atoms with Crippen LogP contribution in [0, 0.1) is 6.92 Å². The highest BCUT2D eigenvalue weighted by Gasteiger charge is 2.29. The lowest BCUT2D eigenvalue weighted by Gasteiger charge is -2.23. The molecule has 2 aromatic rings. The molecule has 0 unspecified atom stereocenters. The van der Waals surface area contributed by atoms with Gasteiger partial charge in [-0.05, 0) is 44.0 Å². The summed E-state index contributed by atoms with van der Waals surface area (Å²) in [6, 6.07) is 10.00. The van der Waals surface area contributed by atoms with E-state index in [9.17, 15) is 13.2 Å². The average Bonchev–Trinajstić information content (AvgIpc) is 3.04. The Bertz CT molecular complexity index is 1060. The molecule has 0 spiro atoms. The van der Waals surface area contributed by atoms with E-state index in [4.69, 9.17) is 21.1 Å². The number of benzene rings is 2. The third kappa shape index (κ3) is 5.36. The van der Waals surface area contributed by atoms with E-state index >= 15 is 0 Å². The van der Waals surface area contributed by atoms with Gasteiger partial charge in [-0.25, -0.2) is 8.42 Å². The molecule has 0 atom stereocenters. The van der Waals surface area contributed by atoms with Crippen LogP contribution in [0.3, 0.4) is 0 Å². The van der Waals surface area contributed by atoms with Crippen LogP contribution in [-0.4, -0.2) is 63.4 Å². The summed E-state index contributed by atoms with van der Waals surface area (Å²) in [6.45, 7) is 5.71. The largest absolute Gasteiger partial charge is 0.493 e. The monoisotopic (exact) mass is 480 g/mol. The Morgan fingerprint density at radius 3 is 2.47 bits per heavy atom. The molecule has 0 saturated carbocycles. The maximum Gasteiger partial charge on any atom is 0.254 e. The number of sulfonamides is 1. The molecule has 1 amide bonds. The molecule has 1 aliphatic heterocycles. The first-order valence-corrected chi connectivity index (χ1v) is 12.5. The predicted molar refractivity (Wildman–Crippen MR) is 124 cm³/mol. The minimum atomic E-state index is -3.61. The second-order valence-electron chi connectivity index (χ2n) is 7.70. The number of aryl methyl sites for hydroxylation is 1. The number of methoxy groups -OCH3 is 1. The van der Waals surface area contributed by atoms with Crippen molar-refractivity contribution in [2.75, 3.05) is 39.9 Å². The summed E-state index contributed by atoms with van der Waals surface area (Å²) in [4.78, 5) is 15.1. The van der Waals surface area contributed by atoms with Crippen LogP contribution in [0.15, 0.2) is 41.3 Å². The van der Waals surface area contributed by atoms with Crippen molar-refractivity contribution in [3.8, 4) is 11.5 Å². The van der Waals surface area contributed by atoms with E-state index in [0.29, 0.717) is 48.2 Å². The van der Waals surface area contributed by atoms with E-state index in [2.05, 4.69) is 0 Å². The molecule has 0 aromatic heterocycles. The van der Waals surface area contributed by atoms with Gasteiger partial charge in [0.25, 0.3) is 5.91 Å². The van der Waals surface area contributed by atoms with E-state index in [1.807, 2.05) is 13.8 Å². The highest BCUT2D eigenvalue weighted by Crippen LogP contribution is 2.37. The van der Waals surface area contributed by atoms with Gasteiger partial charge >= 0.3 is 0 Å². The summed E-state index contributed by atoms with van der Waals surface area (Å²) in [5.74, 6) is 0.591. The summed E-state index contributed by atoms with van der Waals surface area (Å²) in [5.41, 5.74) is 1.38. The van der Waals surface area contributed by atoms with Crippen molar-refractivity contribution < 1.29 is 22.7 Å². The van der Waals surface area contributed by atoms with Crippen molar-refractivity contribution in [3.63, 3.8) is 0 Å². The maximum atomic E-state index is 13.2. The number of hydrogen-bond acceptors (Lipinski definition) is 5. The third-order valence-corrected chi connectivity index (χ3v) is 7.52. The molecule has 3 rings (SSSR count). The van der Waals surface area contributed by atoms with Gasteiger partial charge < -0.3 is 14.4 Å². The van der Waals surface area contributed by atoms with Gasteiger partial charge in [0, 0.05) is 31.7 Å². The quantitative estimate of drug-likeness (QED) is 0.599. The van der Waals surface area contributed by atoms with Crippen LogP contribution in [0.2, 0.25) is 5.02 Å². The molecular formula is C23H29ClN2O5S. The number of hydrogen-bond donors (Lipinski definition) is 0. The molecule has 0 aliphatic carbocycles. The fourth-order valence-corrected chi connectivity index (χ4v) is 5.30. The van der Waals surface area contributed by atoms with Crippen LogP contribution < -0.4 is 9.47 Å². The first-order valence-electron chi connectivity index (χ1n) is 10.6. The van der Waals surface area contributed by atoms with Crippen LogP contribution in [-0.2, 0) is 10.0 Å². The van der Waals surface area contributed by atoms with E-state index in [-0.39, 0.29) is 23.9 Å².